The summed E-state index contributed by atoms with van der Waals surface area (Å²) in [5.74, 6) is 0.0163. The second-order valence-electron chi connectivity index (χ2n) is 3.45. The minimum atomic E-state index is -1.01. The van der Waals surface area contributed by atoms with Crippen LogP contribution in [0.3, 0.4) is 0 Å². The van der Waals surface area contributed by atoms with Crippen LogP contribution in [-0.2, 0) is 13.7 Å². The Bertz CT molecular complexity index is 204. The van der Waals surface area contributed by atoms with Gasteiger partial charge in [-0.15, -0.1) is 0 Å². The van der Waals surface area contributed by atoms with Gasteiger partial charge in [0, 0.05) is 6.92 Å². The molecule has 3 unspecified atom stereocenters. The molecule has 0 radical (unpaired) electrons. The molecule has 1 fully saturated rings. The Balaban J connectivity index is 2.68. The van der Waals surface area contributed by atoms with Crippen LogP contribution in [0.4, 0.5) is 0 Å². The van der Waals surface area contributed by atoms with Gasteiger partial charge in [0.1, 0.15) is 11.7 Å². The maximum absolute atomic E-state index is 10.7. The quantitative estimate of drug-likeness (QED) is 0.506. The number of carbonyl (C=O) groups excluding carboxylic acids is 1. The third kappa shape index (κ3) is 2.59. The predicted octanol–water partition coefficient (Wildman–Crippen LogP) is 0.736. The molecule has 1 aliphatic heterocycles. The van der Waals surface area contributed by atoms with Gasteiger partial charge in [-0.05, 0) is 25.9 Å². The van der Waals surface area contributed by atoms with Gasteiger partial charge in [-0.1, -0.05) is 0 Å². The fourth-order valence-electron chi connectivity index (χ4n) is 1.30. The molecule has 0 aromatic carbocycles. The van der Waals surface area contributed by atoms with Crippen molar-refractivity contribution >= 4 is 18.0 Å². The Morgan fingerprint density at radius 1 is 1.77 bits per heavy atom. The third-order valence-corrected chi connectivity index (χ3v) is 3.05. The highest BCUT2D eigenvalue weighted by atomic mass is 32.2. The van der Waals surface area contributed by atoms with Gasteiger partial charge in [0.05, 0.1) is 5.75 Å². The van der Waals surface area contributed by atoms with E-state index in [1.165, 1.54) is 19.0 Å². The van der Waals surface area contributed by atoms with E-state index in [0.717, 1.165) is 0 Å². The van der Waals surface area contributed by atoms with Crippen molar-refractivity contribution in [2.75, 3.05) is 5.75 Å². The lowest BCUT2D eigenvalue weighted by atomic mass is 9.97. The monoisotopic (exact) mass is 206 g/mol. The molecule has 1 saturated heterocycles. The fourth-order valence-corrected chi connectivity index (χ4v) is 2.09. The van der Waals surface area contributed by atoms with Crippen LogP contribution in [-0.4, -0.2) is 34.6 Å². The second-order valence-corrected chi connectivity index (χ2v) is 4.17. The summed E-state index contributed by atoms with van der Waals surface area (Å²) < 4.78 is 10.2. The first kappa shape index (κ1) is 10.8. The highest BCUT2D eigenvalue weighted by Crippen LogP contribution is 2.31. The zero-order chi connectivity index (χ0) is 10.1. The standard InChI is InChI=1S/C8H14O4S/c1-5-7(11-6(2)9)8(3,10)4-13-12-5/h5,7,10H,4H2,1-3H3. The van der Waals surface area contributed by atoms with Crippen molar-refractivity contribution in [2.24, 2.45) is 0 Å². The van der Waals surface area contributed by atoms with Crippen molar-refractivity contribution in [1.82, 2.24) is 0 Å². The van der Waals surface area contributed by atoms with Crippen LogP contribution in [0.25, 0.3) is 0 Å². The number of esters is 1. The van der Waals surface area contributed by atoms with E-state index >= 15 is 0 Å². The predicted molar refractivity (Wildman–Crippen MR) is 49.2 cm³/mol. The zero-order valence-corrected chi connectivity index (χ0v) is 8.76. The molecule has 13 heavy (non-hydrogen) atoms. The van der Waals surface area contributed by atoms with Crippen LogP contribution in [0, 0.1) is 0 Å². The van der Waals surface area contributed by atoms with E-state index < -0.39 is 17.7 Å². The molecule has 1 rings (SSSR count). The molecule has 4 nitrogen and oxygen atoms in total. The molecular formula is C8H14O4S. The number of rotatable bonds is 1. The van der Waals surface area contributed by atoms with E-state index in [2.05, 4.69) is 0 Å². The molecule has 0 aromatic heterocycles. The van der Waals surface area contributed by atoms with E-state index in [-0.39, 0.29) is 6.10 Å². The summed E-state index contributed by atoms with van der Waals surface area (Å²) in [6.45, 7) is 4.74. The first-order valence-electron chi connectivity index (χ1n) is 4.11. The van der Waals surface area contributed by atoms with Crippen molar-refractivity contribution in [3.63, 3.8) is 0 Å². The van der Waals surface area contributed by atoms with Gasteiger partial charge in [-0.2, -0.15) is 0 Å². The van der Waals surface area contributed by atoms with E-state index in [1.807, 2.05) is 0 Å². The molecule has 1 heterocycles. The second kappa shape index (κ2) is 3.86. The van der Waals surface area contributed by atoms with Gasteiger partial charge in [-0.3, -0.25) is 4.79 Å². The minimum Gasteiger partial charge on any atom is -0.457 e. The lowest BCUT2D eigenvalue weighted by Crippen LogP contribution is -2.53. The van der Waals surface area contributed by atoms with Crippen LogP contribution < -0.4 is 0 Å². The Morgan fingerprint density at radius 2 is 2.38 bits per heavy atom. The Hall–Kier alpha value is -0.260. The van der Waals surface area contributed by atoms with E-state index in [0.29, 0.717) is 5.75 Å². The molecular weight excluding hydrogens is 192 g/mol. The van der Waals surface area contributed by atoms with Gasteiger partial charge in [0.15, 0.2) is 6.10 Å². The molecule has 0 aromatic rings. The number of hydrogen-bond acceptors (Lipinski definition) is 5. The summed E-state index contributed by atoms with van der Waals surface area (Å²) in [6, 6.07) is 0. The van der Waals surface area contributed by atoms with Crippen molar-refractivity contribution in [3.8, 4) is 0 Å². The van der Waals surface area contributed by atoms with E-state index in [9.17, 15) is 9.90 Å². The average molecular weight is 206 g/mol. The SMILES string of the molecule is CC(=O)OC1C(C)OSCC1(C)O. The summed E-state index contributed by atoms with van der Waals surface area (Å²) in [6.07, 6.45) is -0.858. The molecule has 0 bridgehead atoms. The third-order valence-electron chi connectivity index (χ3n) is 1.90. The largest absolute Gasteiger partial charge is 0.457 e. The highest BCUT2D eigenvalue weighted by molar-refractivity contribution is 7.94. The maximum atomic E-state index is 10.7. The minimum absolute atomic E-state index is 0.280. The molecule has 76 valence electrons. The van der Waals surface area contributed by atoms with Crippen LogP contribution in [0.15, 0.2) is 0 Å². The lowest BCUT2D eigenvalue weighted by molar-refractivity contribution is -0.170. The summed E-state index contributed by atoms with van der Waals surface area (Å²) in [7, 11) is 0. The molecule has 1 N–H and O–H groups in total. The van der Waals surface area contributed by atoms with Gasteiger partial charge >= 0.3 is 5.97 Å². The lowest BCUT2D eigenvalue weighted by Gasteiger charge is -2.38. The molecule has 0 saturated carbocycles. The number of carbonyl (C=O) groups is 1. The Kier molecular flexibility index (Phi) is 3.21. The molecule has 5 heteroatoms. The Morgan fingerprint density at radius 3 is 2.85 bits per heavy atom. The van der Waals surface area contributed by atoms with Crippen molar-refractivity contribution in [3.05, 3.63) is 0 Å². The molecule has 0 aliphatic carbocycles. The highest BCUT2D eigenvalue weighted by Gasteiger charge is 2.43. The van der Waals surface area contributed by atoms with E-state index in [1.54, 1.807) is 13.8 Å². The summed E-state index contributed by atoms with van der Waals surface area (Å²) in [5, 5.41) is 9.88. The van der Waals surface area contributed by atoms with Gasteiger partial charge in [0.25, 0.3) is 0 Å². The normalized spacial score (nSPS) is 40.0. The molecule has 0 amide bonds. The first-order chi connectivity index (χ1) is 5.93. The zero-order valence-electron chi connectivity index (χ0n) is 7.94. The van der Waals surface area contributed by atoms with E-state index in [4.69, 9.17) is 8.92 Å². The molecule has 0 spiro atoms. The first-order valence-corrected chi connectivity index (χ1v) is 5.02. The summed E-state index contributed by atoms with van der Waals surface area (Å²) in [5.41, 5.74) is -1.01. The van der Waals surface area contributed by atoms with Crippen molar-refractivity contribution in [1.29, 1.82) is 0 Å². The van der Waals surface area contributed by atoms with Crippen LogP contribution in [0.2, 0.25) is 0 Å². The average Bonchev–Trinajstić information content (AvgIpc) is 1.96. The number of hydrogen-bond donors (Lipinski definition) is 1. The van der Waals surface area contributed by atoms with Crippen molar-refractivity contribution < 1.29 is 18.8 Å². The smallest absolute Gasteiger partial charge is 0.303 e. The molecule has 3 atom stereocenters. The Labute approximate surface area is 81.8 Å². The molecule has 1 aliphatic rings. The van der Waals surface area contributed by atoms with Gasteiger partial charge < -0.3 is 14.0 Å². The van der Waals surface area contributed by atoms with Crippen LogP contribution in [0.1, 0.15) is 20.8 Å². The van der Waals surface area contributed by atoms with Crippen LogP contribution in [0.5, 0.6) is 0 Å². The van der Waals surface area contributed by atoms with Crippen LogP contribution >= 0.6 is 12.0 Å². The number of aliphatic hydroxyl groups is 1. The number of ether oxygens (including phenoxy) is 1. The maximum Gasteiger partial charge on any atom is 0.303 e. The van der Waals surface area contributed by atoms with Crippen molar-refractivity contribution in [2.45, 2.75) is 38.6 Å². The fraction of sp³-hybridized carbons (Fsp3) is 0.875. The summed E-state index contributed by atoms with van der Waals surface area (Å²) in [4.78, 5) is 10.7. The van der Waals surface area contributed by atoms with Gasteiger partial charge in [0.2, 0.25) is 0 Å². The van der Waals surface area contributed by atoms with Gasteiger partial charge in [-0.25, -0.2) is 0 Å². The summed E-state index contributed by atoms with van der Waals surface area (Å²) >= 11 is 1.20. The topological polar surface area (TPSA) is 55.8 Å².